The van der Waals surface area contributed by atoms with E-state index < -0.39 is 0 Å². The highest BCUT2D eigenvalue weighted by Crippen LogP contribution is 2.32. The fourth-order valence-electron chi connectivity index (χ4n) is 1.61. The minimum Gasteiger partial charge on any atom is -0.460 e. The molecule has 2 aliphatic rings. The molecule has 0 spiro atoms. The van der Waals surface area contributed by atoms with E-state index in [1.165, 1.54) is 10.9 Å². The molecule has 0 fully saturated rings. The Labute approximate surface area is 75.2 Å². The molecule has 13 heavy (non-hydrogen) atoms. The maximum absolute atomic E-state index is 4.97. The van der Waals surface area contributed by atoms with Gasteiger partial charge in [-0.25, -0.2) is 0 Å². The van der Waals surface area contributed by atoms with Gasteiger partial charge in [-0.2, -0.15) is 0 Å². The first-order chi connectivity index (χ1) is 6.45. The number of hydrogen-bond acceptors (Lipinski definition) is 2. The van der Waals surface area contributed by atoms with E-state index in [2.05, 4.69) is 11.2 Å². The fourth-order valence-corrected chi connectivity index (χ4v) is 1.61. The van der Waals surface area contributed by atoms with Crippen molar-refractivity contribution in [1.82, 2.24) is 4.98 Å². The predicted molar refractivity (Wildman–Crippen MR) is 49.5 cm³/mol. The van der Waals surface area contributed by atoms with E-state index in [4.69, 9.17) is 4.42 Å². The molecular weight excluding hydrogens is 162 g/mol. The van der Waals surface area contributed by atoms with E-state index >= 15 is 0 Å². The van der Waals surface area contributed by atoms with E-state index in [0.29, 0.717) is 0 Å². The highest BCUT2D eigenvalue weighted by molar-refractivity contribution is 6.01. The van der Waals surface area contributed by atoms with Gasteiger partial charge in [-0.3, -0.25) is 4.98 Å². The first kappa shape index (κ1) is 6.66. The van der Waals surface area contributed by atoms with Gasteiger partial charge in [0.15, 0.2) is 6.26 Å². The summed E-state index contributed by atoms with van der Waals surface area (Å²) < 4.78 is 4.97. The normalized spacial score (nSPS) is 11.1. The molecule has 0 N–H and O–H groups in total. The molecule has 3 rings (SSSR count). The van der Waals surface area contributed by atoms with Crippen LogP contribution in [0.4, 0.5) is 0 Å². The number of rotatable bonds is 0. The summed E-state index contributed by atoms with van der Waals surface area (Å²) in [4.78, 5) is 4.06. The lowest BCUT2D eigenvalue weighted by molar-refractivity contribution is 0.543. The van der Waals surface area contributed by atoms with Crippen molar-refractivity contribution in [1.29, 1.82) is 0 Å². The van der Waals surface area contributed by atoms with Crippen molar-refractivity contribution in [3.05, 3.63) is 43.1 Å². The first-order valence-electron chi connectivity index (χ1n) is 4.07. The lowest BCUT2D eigenvalue weighted by Gasteiger charge is -1.94. The number of nitrogens with zero attached hydrogens (tertiary/aromatic N) is 1. The molecule has 1 aromatic heterocycles. The zero-order chi connectivity index (χ0) is 8.67. The summed E-state index contributed by atoms with van der Waals surface area (Å²) in [5, 5.41) is 2.34. The van der Waals surface area contributed by atoms with E-state index in [9.17, 15) is 0 Å². The van der Waals surface area contributed by atoms with Gasteiger partial charge in [-0.1, -0.05) is 0 Å². The van der Waals surface area contributed by atoms with Crippen LogP contribution in [-0.4, -0.2) is 4.98 Å². The van der Waals surface area contributed by atoms with Gasteiger partial charge in [0.2, 0.25) is 0 Å². The number of hydrogen-bond donors (Lipinski definition) is 0. The lowest BCUT2D eigenvalue weighted by Crippen LogP contribution is -1.72. The molecule has 61 valence electrons. The molecule has 0 aromatic carbocycles. The number of fused-ring (bicyclic) bond motifs is 3. The smallest absolute Gasteiger partial charge is 0.177 e. The Kier molecular flexibility index (Phi) is 1.19. The summed E-state index contributed by atoms with van der Waals surface area (Å²) in [6.45, 7) is 0. The topological polar surface area (TPSA) is 26.0 Å². The molecule has 0 atom stereocenters. The molecule has 0 bridgehead atoms. The second-order valence-electron chi connectivity index (χ2n) is 2.96. The van der Waals surface area contributed by atoms with Crippen LogP contribution in [0.1, 0.15) is 0 Å². The molecule has 0 saturated carbocycles. The largest absolute Gasteiger partial charge is 0.460 e. The first-order valence-corrected chi connectivity index (χ1v) is 4.07. The molecule has 2 nitrogen and oxygen atoms in total. The average molecular weight is 168 g/mol. The Morgan fingerprint density at radius 3 is 3.31 bits per heavy atom. The highest BCUT2D eigenvalue weighted by Gasteiger charge is 2.09. The summed E-state index contributed by atoms with van der Waals surface area (Å²) in [6, 6.07) is 5.99. The van der Waals surface area contributed by atoms with E-state index in [-0.39, 0.29) is 0 Å². The molecule has 1 aliphatic heterocycles. The number of aromatic nitrogens is 1. The van der Waals surface area contributed by atoms with Crippen LogP contribution in [-0.2, 0) is 0 Å². The van der Waals surface area contributed by atoms with Gasteiger partial charge in [0, 0.05) is 23.3 Å². The Bertz CT molecular complexity index is 527. The van der Waals surface area contributed by atoms with Crippen molar-refractivity contribution >= 4 is 10.8 Å². The second kappa shape index (κ2) is 2.33. The van der Waals surface area contributed by atoms with Gasteiger partial charge in [0.1, 0.15) is 0 Å². The Hall–Kier alpha value is -1.83. The monoisotopic (exact) mass is 168 g/mol. The lowest BCUT2D eigenvalue weighted by atomic mass is 10.1. The molecule has 1 aromatic rings. The summed E-state index contributed by atoms with van der Waals surface area (Å²) in [5.74, 6) is 0. The zero-order valence-corrected chi connectivity index (χ0v) is 6.82. The number of pyridine rings is 1. The third kappa shape index (κ3) is 0.855. The summed E-state index contributed by atoms with van der Waals surface area (Å²) in [7, 11) is 0. The molecule has 2 heteroatoms. The minimum atomic E-state index is 1.01. The minimum absolute atomic E-state index is 1.01. The Morgan fingerprint density at radius 1 is 1.31 bits per heavy atom. The van der Waals surface area contributed by atoms with Crippen molar-refractivity contribution in [2.45, 2.75) is 0 Å². The SMILES string of the molecule is [c]1occc2c3ccncc3cc1-2. The second-order valence-corrected chi connectivity index (χ2v) is 2.96. The van der Waals surface area contributed by atoms with Crippen LogP contribution < -0.4 is 0 Å². The zero-order valence-electron chi connectivity index (χ0n) is 6.82. The summed E-state index contributed by atoms with van der Waals surface area (Å²) in [6.07, 6.45) is 8.13. The quantitative estimate of drug-likeness (QED) is 0.515. The molecule has 1 radical (unpaired) electrons. The van der Waals surface area contributed by atoms with Crippen LogP contribution in [0.25, 0.3) is 21.9 Å². The molecule has 0 saturated heterocycles. The van der Waals surface area contributed by atoms with Gasteiger partial charge >= 0.3 is 0 Å². The Balaban J connectivity index is 2.56. The van der Waals surface area contributed by atoms with Gasteiger partial charge in [0.25, 0.3) is 0 Å². The maximum atomic E-state index is 4.97. The average Bonchev–Trinajstić information content (AvgIpc) is 2.56. The maximum Gasteiger partial charge on any atom is 0.177 e. The molecule has 0 amide bonds. The molecule has 0 unspecified atom stereocenters. The van der Waals surface area contributed by atoms with Crippen LogP contribution in [0.5, 0.6) is 0 Å². The Morgan fingerprint density at radius 2 is 2.31 bits per heavy atom. The van der Waals surface area contributed by atoms with Crippen molar-refractivity contribution in [2.24, 2.45) is 0 Å². The van der Waals surface area contributed by atoms with Gasteiger partial charge in [-0.15, -0.1) is 0 Å². The molecule has 1 aliphatic carbocycles. The van der Waals surface area contributed by atoms with E-state index in [0.717, 1.165) is 10.9 Å². The third-order valence-corrected chi connectivity index (χ3v) is 2.20. The third-order valence-electron chi connectivity index (χ3n) is 2.20. The fraction of sp³-hybridized carbons (Fsp3) is 0. The van der Waals surface area contributed by atoms with E-state index in [1.807, 2.05) is 24.4 Å². The van der Waals surface area contributed by atoms with Crippen molar-refractivity contribution in [3.63, 3.8) is 0 Å². The van der Waals surface area contributed by atoms with Gasteiger partial charge in [-0.05, 0) is 29.1 Å². The summed E-state index contributed by atoms with van der Waals surface area (Å²) in [5.41, 5.74) is 2.18. The van der Waals surface area contributed by atoms with Gasteiger partial charge in [0.05, 0.1) is 6.26 Å². The van der Waals surface area contributed by atoms with Crippen molar-refractivity contribution in [2.75, 3.05) is 0 Å². The van der Waals surface area contributed by atoms with Crippen LogP contribution >= 0.6 is 0 Å². The standard InChI is InChI=1S/C11H6NO/c1-3-12-6-8-5-9-7-13-4-2-11(9)10(1)8/h1-6H. The van der Waals surface area contributed by atoms with Crippen molar-refractivity contribution in [3.8, 4) is 11.1 Å². The van der Waals surface area contributed by atoms with E-state index in [1.54, 1.807) is 12.5 Å². The van der Waals surface area contributed by atoms with Crippen LogP contribution in [0.3, 0.4) is 0 Å². The van der Waals surface area contributed by atoms with Crippen LogP contribution in [0.15, 0.2) is 41.3 Å². The van der Waals surface area contributed by atoms with Crippen molar-refractivity contribution < 1.29 is 4.42 Å². The molecular formula is C11H6NO. The van der Waals surface area contributed by atoms with Crippen LogP contribution in [0.2, 0.25) is 0 Å². The van der Waals surface area contributed by atoms with Crippen LogP contribution in [0, 0.1) is 6.26 Å². The van der Waals surface area contributed by atoms with Gasteiger partial charge < -0.3 is 4.42 Å². The predicted octanol–water partition coefficient (Wildman–Crippen LogP) is 2.73. The highest BCUT2D eigenvalue weighted by atomic mass is 16.3. The molecule has 2 heterocycles. The summed E-state index contributed by atoms with van der Waals surface area (Å²) >= 11 is 0.